The summed E-state index contributed by atoms with van der Waals surface area (Å²) in [5.41, 5.74) is -0.710. The van der Waals surface area contributed by atoms with E-state index in [1.165, 1.54) is 6.07 Å². The van der Waals surface area contributed by atoms with Gasteiger partial charge >= 0.3 is 6.18 Å². The summed E-state index contributed by atoms with van der Waals surface area (Å²) in [4.78, 5) is 11.6. The first-order chi connectivity index (χ1) is 9.34. The zero-order chi connectivity index (χ0) is 15.2. The van der Waals surface area contributed by atoms with Crippen molar-refractivity contribution in [2.75, 3.05) is 18.5 Å². The fourth-order valence-electron chi connectivity index (χ4n) is 1.42. The van der Waals surface area contributed by atoms with Gasteiger partial charge in [0.1, 0.15) is 0 Å². The zero-order valence-electron chi connectivity index (χ0n) is 10.9. The van der Waals surface area contributed by atoms with Gasteiger partial charge in [0, 0.05) is 11.1 Å². The minimum absolute atomic E-state index is 0.0975. The Balaban J connectivity index is 2.65. The number of amides is 1. The van der Waals surface area contributed by atoms with Crippen LogP contribution in [0, 0.1) is 0 Å². The van der Waals surface area contributed by atoms with Crippen molar-refractivity contribution in [3.63, 3.8) is 0 Å². The third-order valence-corrected chi connectivity index (χ3v) is 3.08. The summed E-state index contributed by atoms with van der Waals surface area (Å²) >= 11 is 3.11. The lowest BCUT2D eigenvalue weighted by molar-refractivity contribution is -0.137. The Morgan fingerprint density at radius 2 is 2.05 bits per heavy atom. The van der Waals surface area contributed by atoms with Crippen LogP contribution in [0.1, 0.15) is 25.3 Å². The number of benzene rings is 1. The fourth-order valence-corrected chi connectivity index (χ4v) is 1.77. The minimum atomic E-state index is -4.44. The summed E-state index contributed by atoms with van der Waals surface area (Å²) < 4.78 is 43.3. The molecule has 20 heavy (non-hydrogen) atoms. The number of alkyl halides is 3. The van der Waals surface area contributed by atoms with Gasteiger partial charge in [-0.1, -0.05) is 6.92 Å². The van der Waals surface area contributed by atoms with E-state index in [4.69, 9.17) is 4.74 Å². The molecule has 112 valence electrons. The van der Waals surface area contributed by atoms with Crippen LogP contribution in [-0.4, -0.2) is 19.1 Å². The molecule has 0 aromatic heterocycles. The topological polar surface area (TPSA) is 38.3 Å². The van der Waals surface area contributed by atoms with Crippen molar-refractivity contribution in [2.24, 2.45) is 0 Å². The molecule has 0 saturated heterocycles. The minimum Gasteiger partial charge on any atom is -0.381 e. The van der Waals surface area contributed by atoms with E-state index in [0.717, 1.165) is 18.6 Å². The zero-order valence-corrected chi connectivity index (χ0v) is 12.5. The average Bonchev–Trinajstić information content (AvgIpc) is 2.36. The van der Waals surface area contributed by atoms with E-state index in [1.54, 1.807) is 0 Å². The van der Waals surface area contributed by atoms with Crippen molar-refractivity contribution >= 4 is 27.5 Å². The van der Waals surface area contributed by atoms with Gasteiger partial charge in [0.05, 0.1) is 24.3 Å². The molecule has 0 atom stereocenters. The van der Waals surface area contributed by atoms with Crippen molar-refractivity contribution in [3.8, 4) is 0 Å². The molecule has 1 rings (SSSR count). The number of ether oxygens (including phenoxy) is 1. The third kappa shape index (κ3) is 5.50. The molecule has 0 aliphatic carbocycles. The monoisotopic (exact) mass is 353 g/mol. The highest BCUT2D eigenvalue weighted by Crippen LogP contribution is 2.33. The number of hydrogen-bond donors (Lipinski definition) is 1. The highest BCUT2D eigenvalue weighted by atomic mass is 79.9. The number of halogens is 4. The van der Waals surface area contributed by atoms with E-state index in [2.05, 4.69) is 21.2 Å². The van der Waals surface area contributed by atoms with Crippen LogP contribution >= 0.6 is 15.9 Å². The first-order valence-corrected chi connectivity index (χ1v) is 6.88. The molecule has 0 saturated carbocycles. The molecule has 0 spiro atoms. The van der Waals surface area contributed by atoms with Gasteiger partial charge in [0.2, 0.25) is 5.91 Å². The summed E-state index contributed by atoms with van der Waals surface area (Å²) in [5.74, 6) is -0.388. The molecule has 1 aromatic carbocycles. The third-order valence-electron chi connectivity index (χ3n) is 2.39. The van der Waals surface area contributed by atoms with E-state index in [1.807, 2.05) is 6.92 Å². The van der Waals surface area contributed by atoms with Gasteiger partial charge in [-0.3, -0.25) is 4.79 Å². The maximum absolute atomic E-state index is 12.6. The molecule has 1 aromatic rings. The highest BCUT2D eigenvalue weighted by Gasteiger charge is 2.31. The van der Waals surface area contributed by atoms with Gasteiger partial charge in [-0.25, -0.2) is 0 Å². The summed E-state index contributed by atoms with van der Waals surface area (Å²) in [5, 5.41) is 2.43. The standard InChI is InChI=1S/C13H15BrF3NO2/c1-2-6-20-7-5-12(19)18-11-8-9(13(15,16)17)3-4-10(11)14/h3-4,8H,2,5-7H2,1H3,(H,18,19). The van der Waals surface area contributed by atoms with E-state index in [-0.39, 0.29) is 24.6 Å². The number of anilines is 1. The van der Waals surface area contributed by atoms with Crippen LogP contribution in [0.5, 0.6) is 0 Å². The Bertz CT molecular complexity index is 463. The second-order valence-electron chi connectivity index (χ2n) is 4.10. The summed E-state index contributed by atoms with van der Waals surface area (Å²) in [6.07, 6.45) is -3.49. The van der Waals surface area contributed by atoms with Gasteiger partial charge in [0.15, 0.2) is 0 Å². The Labute approximate surface area is 123 Å². The first kappa shape index (κ1) is 17.0. The summed E-state index contributed by atoms with van der Waals surface area (Å²) in [6, 6.07) is 3.10. The fraction of sp³-hybridized carbons (Fsp3) is 0.462. The van der Waals surface area contributed by atoms with Crippen LogP contribution < -0.4 is 5.32 Å². The molecule has 1 N–H and O–H groups in total. The average molecular weight is 354 g/mol. The van der Waals surface area contributed by atoms with Gasteiger partial charge in [-0.05, 0) is 40.5 Å². The molecule has 0 fully saturated rings. The van der Waals surface area contributed by atoms with E-state index in [9.17, 15) is 18.0 Å². The Morgan fingerprint density at radius 1 is 1.35 bits per heavy atom. The lowest BCUT2D eigenvalue weighted by Gasteiger charge is -2.12. The van der Waals surface area contributed by atoms with Gasteiger partial charge in [0.25, 0.3) is 0 Å². The molecule has 3 nitrogen and oxygen atoms in total. The SMILES string of the molecule is CCCOCCC(=O)Nc1cc(C(F)(F)F)ccc1Br. The highest BCUT2D eigenvalue weighted by molar-refractivity contribution is 9.10. The maximum atomic E-state index is 12.6. The lowest BCUT2D eigenvalue weighted by atomic mass is 10.2. The number of nitrogens with one attached hydrogen (secondary N) is 1. The van der Waals surface area contributed by atoms with Crippen molar-refractivity contribution in [2.45, 2.75) is 25.9 Å². The number of rotatable bonds is 6. The van der Waals surface area contributed by atoms with Crippen molar-refractivity contribution < 1.29 is 22.7 Å². The largest absolute Gasteiger partial charge is 0.416 e. The van der Waals surface area contributed by atoms with E-state index >= 15 is 0 Å². The molecule has 0 unspecified atom stereocenters. The van der Waals surface area contributed by atoms with Crippen LogP contribution in [0.2, 0.25) is 0 Å². The predicted octanol–water partition coefficient (Wildman–Crippen LogP) is 4.22. The molecular weight excluding hydrogens is 339 g/mol. The molecule has 0 bridgehead atoms. The Morgan fingerprint density at radius 3 is 2.65 bits per heavy atom. The van der Waals surface area contributed by atoms with Crippen LogP contribution in [0.3, 0.4) is 0 Å². The second kappa shape index (κ2) is 7.64. The van der Waals surface area contributed by atoms with E-state index in [0.29, 0.717) is 11.1 Å². The normalized spacial score (nSPS) is 11.4. The van der Waals surface area contributed by atoms with Crippen LogP contribution in [-0.2, 0) is 15.7 Å². The number of carbonyl (C=O) groups excluding carboxylic acids is 1. The first-order valence-electron chi connectivity index (χ1n) is 6.09. The van der Waals surface area contributed by atoms with Crippen molar-refractivity contribution in [3.05, 3.63) is 28.2 Å². The maximum Gasteiger partial charge on any atom is 0.416 e. The molecule has 0 aliphatic rings. The van der Waals surface area contributed by atoms with Crippen LogP contribution in [0.15, 0.2) is 22.7 Å². The predicted molar refractivity (Wildman–Crippen MR) is 73.5 cm³/mol. The molecule has 1 amide bonds. The van der Waals surface area contributed by atoms with Gasteiger partial charge in [-0.2, -0.15) is 13.2 Å². The van der Waals surface area contributed by atoms with Gasteiger partial charge in [-0.15, -0.1) is 0 Å². The molecule has 0 aliphatic heterocycles. The van der Waals surface area contributed by atoms with Gasteiger partial charge < -0.3 is 10.1 Å². The Kier molecular flexibility index (Phi) is 6.48. The quantitative estimate of drug-likeness (QED) is 0.777. The second-order valence-corrected chi connectivity index (χ2v) is 4.96. The van der Waals surface area contributed by atoms with Crippen molar-refractivity contribution in [1.29, 1.82) is 0 Å². The molecule has 0 heterocycles. The summed E-state index contributed by atoms with van der Waals surface area (Å²) in [6.45, 7) is 2.75. The smallest absolute Gasteiger partial charge is 0.381 e. The van der Waals surface area contributed by atoms with Crippen molar-refractivity contribution in [1.82, 2.24) is 0 Å². The number of carbonyl (C=O) groups is 1. The summed E-state index contributed by atoms with van der Waals surface area (Å²) in [7, 11) is 0. The molecule has 7 heteroatoms. The molecule has 0 radical (unpaired) electrons. The van der Waals surface area contributed by atoms with Crippen LogP contribution in [0.25, 0.3) is 0 Å². The lowest BCUT2D eigenvalue weighted by Crippen LogP contribution is -2.15. The number of hydrogen-bond acceptors (Lipinski definition) is 2. The Hall–Kier alpha value is -1.08. The molecular formula is C13H15BrF3NO2. The van der Waals surface area contributed by atoms with Crippen LogP contribution in [0.4, 0.5) is 18.9 Å². The van der Waals surface area contributed by atoms with E-state index < -0.39 is 11.7 Å².